The molecule has 0 radical (unpaired) electrons. The Labute approximate surface area is 175 Å². The Hall–Kier alpha value is -3.11. The quantitative estimate of drug-likeness (QED) is 0.640. The van der Waals surface area contributed by atoms with Crippen molar-refractivity contribution < 1.29 is 13.2 Å². The van der Waals surface area contributed by atoms with Gasteiger partial charge in [-0.1, -0.05) is 0 Å². The molecule has 0 unspecified atom stereocenters. The van der Waals surface area contributed by atoms with Crippen molar-refractivity contribution in [3.05, 3.63) is 60.8 Å². The number of nitrogens with zero attached hydrogens (tertiary/aromatic N) is 5. The van der Waals surface area contributed by atoms with E-state index in [-0.39, 0.29) is 10.8 Å². The Kier molecular flexibility index (Phi) is 5.86. The van der Waals surface area contributed by atoms with Crippen molar-refractivity contribution in [1.82, 2.24) is 24.2 Å². The van der Waals surface area contributed by atoms with Gasteiger partial charge in [-0.2, -0.15) is 4.31 Å². The molecule has 1 saturated heterocycles. The molecule has 10 heteroatoms. The van der Waals surface area contributed by atoms with E-state index in [2.05, 4.69) is 25.3 Å². The predicted molar refractivity (Wildman–Crippen MR) is 111 cm³/mol. The maximum atomic E-state index is 13.1. The zero-order chi connectivity index (χ0) is 21.0. The van der Waals surface area contributed by atoms with Crippen molar-refractivity contribution in [2.45, 2.75) is 23.7 Å². The molecule has 9 nitrogen and oxygen atoms in total. The van der Waals surface area contributed by atoms with Gasteiger partial charge in [-0.3, -0.25) is 4.98 Å². The van der Waals surface area contributed by atoms with Crippen LogP contribution < -0.4 is 10.1 Å². The molecule has 0 spiro atoms. The number of nitrogens with one attached hydrogen (secondary N) is 1. The van der Waals surface area contributed by atoms with Gasteiger partial charge in [0.2, 0.25) is 16.0 Å². The lowest BCUT2D eigenvalue weighted by Crippen LogP contribution is -2.39. The minimum absolute atomic E-state index is 0.0165. The second-order valence-corrected chi connectivity index (χ2v) is 8.84. The Morgan fingerprint density at radius 1 is 1.10 bits per heavy atom. The summed E-state index contributed by atoms with van der Waals surface area (Å²) in [6.45, 7) is 0.858. The van der Waals surface area contributed by atoms with E-state index in [0.717, 1.165) is 18.5 Å². The molecular formula is C20H22N6O3S. The van der Waals surface area contributed by atoms with E-state index < -0.39 is 10.0 Å². The molecule has 156 valence electrons. The standard InChI is InChI=1S/C20H22N6O3S/c1-29-16-4-6-17(7-5-16)30(27,28)26-12-2-3-15(14-26)18-8-9-23-20(24-18)25-19-13-21-10-11-22-19/h4-11,13,15H,2-3,12,14H2,1H3,(H,22,23,24,25)/t15-/m0/s1. The van der Waals surface area contributed by atoms with Gasteiger partial charge in [0.25, 0.3) is 0 Å². The average Bonchev–Trinajstić information content (AvgIpc) is 2.80. The fraction of sp³-hybridized carbons (Fsp3) is 0.300. The van der Waals surface area contributed by atoms with Gasteiger partial charge in [0, 0.05) is 37.6 Å². The van der Waals surface area contributed by atoms with E-state index in [4.69, 9.17) is 4.74 Å². The topological polar surface area (TPSA) is 110 Å². The SMILES string of the molecule is COc1ccc(S(=O)(=O)N2CCC[C@H](c3ccnc(Nc4cnccn4)n3)C2)cc1. The summed E-state index contributed by atoms with van der Waals surface area (Å²) in [5.74, 6) is 1.55. The average molecular weight is 427 g/mol. The highest BCUT2D eigenvalue weighted by Gasteiger charge is 2.31. The molecule has 4 rings (SSSR count). The second-order valence-electron chi connectivity index (χ2n) is 6.90. The van der Waals surface area contributed by atoms with Crippen LogP contribution in [0.5, 0.6) is 5.75 Å². The summed E-state index contributed by atoms with van der Waals surface area (Å²) in [6, 6.07) is 8.29. The maximum Gasteiger partial charge on any atom is 0.243 e. The van der Waals surface area contributed by atoms with Gasteiger partial charge >= 0.3 is 0 Å². The fourth-order valence-corrected chi connectivity index (χ4v) is 4.96. The molecule has 3 aromatic rings. The van der Waals surface area contributed by atoms with Crippen molar-refractivity contribution in [2.24, 2.45) is 0 Å². The smallest absolute Gasteiger partial charge is 0.243 e. The van der Waals surface area contributed by atoms with Crippen molar-refractivity contribution in [1.29, 1.82) is 0 Å². The van der Waals surface area contributed by atoms with Crippen LogP contribution in [-0.4, -0.2) is 52.9 Å². The first-order chi connectivity index (χ1) is 14.6. The normalized spacial score (nSPS) is 17.4. The number of ether oxygens (including phenoxy) is 1. The van der Waals surface area contributed by atoms with Crippen LogP contribution in [0.15, 0.2) is 60.0 Å². The Balaban J connectivity index is 1.51. The molecule has 0 saturated carbocycles. The zero-order valence-corrected chi connectivity index (χ0v) is 17.3. The van der Waals surface area contributed by atoms with Gasteiger partial charge in [0.05, 0.1) is 23.9 Å². The molecule has 1 N–H and O–H groups in total. The minimum atomic E-state index is -3.59. The highest BCUT2D eigenvalue weighted by molar-refractivity contribution is 7.89. The van der Waals surface area contributed by atoms with E-state index >= 15 is 0 Å². The van der Waals surface area contributed by atoms with E-state index in [1.54, 1.807) is 56.2 Å². The van der Waals surface area contributed by atoms with Crippen LogP contribution in [0.25, 0.3) is 0 Å². The number of hydrogen-bond donors (Lipinski definition) is 1. The first-order valence-electron chi connectivity index (χ1n) is 9.56. The second kappa shape index (κ2) is 8.72. The summed E-state index contributed by atoms with van der Waals surface area (Å²) >= 11 is 0. The largest absolute Gasteiger partial charge is 0.497 e. The number of piperidine rings is 1. The monoisotopic (exact) mass is 426 g/mol. The Bertz CT molecular complexity index is 1090. The van der Waals surface area contributed by atoms with Crippen molar-refractivity contribution in [3.63, 3.8) is 0 Å². The lowest BCUT2D eigenvalue weighted by atomic mass is 9.96. The molecule has 2 aromatic heterocycles. The summed E-state index contributed by atoms with van der Waals surface area (Å²) in [5.41, 5.74) is 0.797. The van der Waals surface area contributed by atoms with Gasteiger partial charge in [0.1, 0.15) is 5.75 Å². The fourth-order valence-electron chi connectivity index (χ4n) is 3.44. The van der Waals surface area contributed by atoms with Gasteiger partial charge in [-0.15, -0.1) is 0 Å². The van der Waals surface area contributed by atoms with E-state index in [0.29, 0.717) is 30.6 Å². The van der Waals surface area contributed by atoms with Crippen molar-refractivity contribution >= 4 is 21.8 Å². The summed E-state index contributed by atoms with van der Waals surface area (Å²) < 4.78 is 32.8. The van der Waals surface area contributed by atoms with E-state index in [1.165, 1.54) is 4.31 Å². The van der Waals surface area contributed by atoms with Crippen molar-refractivity contribution in [2.75, 3.05) is 25.5 Å². The summed E-state index contributed by atoms with van der Waals surface area (Å²) in [4.78, 5) is 17.2. The van der Waals surface area contributed by atoms with Gasteiger partial charge in [0.15, 0.2) is 5.82 Å². The summed E-state index contributed by atoms with van der Waals surface area (Å²) in [6.07, 6.45) is 8.03. The van der Waals surface area contributed by atoms with Crippen LogP contribution in [0, 0.1) is 0 Å². The molecule has 1 aromatic carbocycles. The number of rotatable bonds is 6. The third kappa shape index (κ3) is 4.39. The van der Waals surface area contributed by atoms with E-state index in [1.807, 2.05) is 6.07 Å². The molecule has 30 heavy (non-hydrogen) atoms. The molecule has 1 aliphatic heterocycles. The van der Waals surface area contributed by atoms with Gasteiger partial charge in [-0.05, 0) is 43.2 Å². The molecule has 1 fully saturated rings. The predicted octanol–water partition coefficient (Wildman–Crippen LogP) is 2.59. The lowest BCUT2D eigenvalue weighted by Gasteiger charge is -2.31. The number of aromatic nitrogens is 4. The Morgan fingerprint density at radius 3 is 2.67 bits per heavy atom. The highest BCUT2D eigenvalue weighted by Crippen LogP contribution is 2.30. The van der Waals surface area contributed by atoms with Crippen LogP contribution in [0.1, 0.15) is 24.5 Å². The molecular weight excluding hydrogens is 404 g/mol. The minimum Gasteiger partial charge on any atom is -0.497 e. The molecule has 3 heterocycles. The maximum absolute atomic E-state index is 13.1. The van der Waals surface area contributed by atoms with Crippen LogP contribution in [0.2, 0.25) is 0 Å². The number of benzene rings is 1. The van der Waals surface area contributed by atoms with Crippen LogP contribution in [-0.2, 0) is 10.0 Å². The highest BCUT2D eigenvalue weighted by atomic mass is 32.2. The summed E-state index contributed by atoms with van der Waals surface area (Å²) in [7, 11) is -2.04. The number of anilines is 2. The van der Waals surface area contributed by atoms with Gasteiger partial charge in [-0.25, -0.2) is 23.4 Å². The molecule has 1 aliphatic rings. The third-order valence-electron chi connectivity index (χ3n) is 4.98. The molecule has 0 bridgehead atoms. The zero-order valence-electron chi connectivity index (χ0n) is 16.5. The Morgan fingerprint density at radius 2 is 1.93 bits per heavy atom. The number of sulfonamides is 1. The van der Waals surface area contributed by atoms with E-state index in [9.17, 15) is 8.42 Å². The van der Waals surface area contributed by atoms with Crippen LogP contribution in [0.3, 0.4) is 0 Å². The number of methoxy groups -OCH3 is 1. The molecule has 0 aliphatic carbocycles. The number of hydrogen-bond acceptors (Lipinski definition) is 8. The first-order valence-corrected chi connectivity index (χ1v) is 11.0. The van der Waals surface area contributed by atoms with Crippen LogP contribution >= 0.6 is 0 Å². The van der Waals surface area contributed by atoms with Gasteiger partial charge < -0.3 is 10.1 Å². The molecule has 1 atom stereocenters. The molecule has 0 amide bonds. The lowest BCUT2D eigenvalue weighted by molar-refractivity contribution is 0.312. The first kappa shape index (κ1) is 20.2. The van der Waals surface area contributed by atoms with Crippen LogP contribution in [0.4, 0.5) is 11.8 Å². The third-order valence-corrected chi connectivity index (χ3v) is 6.86. The summed E-state index contributed by atoms with van der Waals surface area (Å²) in [5, 5.41) is 3.02. The van der Waals surface area contributed by atoms with Crippen molar-refractivity contribution in [3.8, 4) is 5.75 Å².